The second-order valence-corrected chi connectivity index (χ2v) is 4.14. The summed E-state index contributed by atoms with van der Waals surface area (Å²) >= 11 is 0. The number of carbonyl (C=O) groups is 1. The molecule has 1 saturated carbocycles. The average molecular weight is 201 g/mol. The zero-order valence-electron chi connectivity index (χ0n) is 8.57. The van der Waals surface area contributed by atoms with Crippen molar-refractivity contribution in [3.8, 4) is 0 Å². The number of aliphatic carboxylic acids is 1. The molecule has 3 N–H and O–H groups in total. The SMILES string of the molecule is CC(NCC(O)CC(=O)O)C1CCC1. The molecule has 4 heteroatoms. The molecule has 0 amide bonds. The topological polar surface area (TPSA) is 69.6 Å². The molecule has 4 nitrogen and oxygen atoms in total. The summed E-state index contributed by atoms with van der Waals surface area (Å²) < 4.78 is 0. The molecule has 1 fully saturated rings. The van der Waals surface area contributed by atoms with Crippen molar-refractivity contribution in [2.75, 3.05) is 6.54 Å². The molecular weight excluding hydrogens is 182 g/mol. The summed E-state index contributed by atoms with van der Waals surface area (Å²) in [5.41, 5.74) is 0. The van der Waals surface area contributed by atoms with Crippen LogP contribution in [0, 0.1) is 5.92 Å². The Labute approximate surface area is 84.3 Å². The Balaban J connectivity index is 2.09. The predicted octanol–water partition coefficient (Wildman–Crippen LogP) is 0.600. The van der Waals surface area contributed by atoms with Gasteiger partial charge in [-0.1, -0.05) is 6.42 Å². The van der Waals surface area contributed by atoms with Gasteiger partial charge in [0.05, 0.1) is 12.5 Å². The van der Waals surface area contributed by atoms with Crippen LogP contribution in [0.5, 0.6) is 0 Å². The molecule has 1 aliphatic rings. The lowest BCUT2D eigenvalue weighted by Crippen LogP contribution is -2.41. The third-order valence-electron chi connectivity index (χ3n) is 2.94. The molecule has 0 saturated heterocycles. The van der Waals surface area contributed by atoms with Crippen LogP contribution in [0.3, 0.4) is 0 Å². The lowest BCUT2D eigenvalue weighted by atomic mass is 9.80. The quantitative estimate of drug-likeness (QED) is 0.588. The molecule has 2 atom stereocenters. The van der Waals surface area contributed by atoms with E-state index >= 15 is 0 Å². The molecule has 0 aromatic heterocycles. The molecule has 14 heavy (non-hydrogen) atoms. The first-order chi connectivity index (χ1) is 6.59. The molecule has 0 aliphatic heterocycles. The minimum absolute atomic E-state index is 0.176. The molecule has 1 rings (SSSR count). The van der Waals surface area contributed by atoms with Gasteiger partial charge in [-0.2, -0.15) is 0 Å². The highest BCUT2D eigenvalue weighted by Crippen LogP contribution is 2.29. The minimum atomic E-state index is -0.949. The first kappa shape index (κ1) is 11.5. The van der Waals surface area contributed by atoms with E-state index in [1.165, 1.54) is 19.3 Å². The van der Waals surface area contributed by atoms with Crippen molar-refractivity contribution in [3.63, 3.8) is 0 Å². The van der Waals surface area contributed by atoms with Crippen molar-refractivity contribution in [3.05, 3.63) is 0 Å². The van der Waals surface area contributed by atoms with Gasteiger partial charge < -0.3 is 15.5 Å². The van der Waals surface area contributed by atoms with E-state index in [-0.39, 0.29) is 6.42 Å². The Kier molecular flexibility index (Phi) is 4.35. The Morgan fingerprint density at radius 2 is 2.21 bits per heavy atom. The summed E-state index contributed by atoms with van der Waals surface area (Å²) in [6.45, 7) is 2.47. The van der Waals surface area contributed by atoms with Crippen LogP contribution in [0.1, 0.15) is 32.6 Å². The molecule has 0 aromatic carbocycles. The molecule has 0 bridgehead atoms. The van der Waals surface area contributed by atoms with Gasteiger partial charge >= 0.3 is 5.97 Å². The summed E-state index contributed by atoms with van der Waals surface area (Å²) in [6.07, 6.45) is 2.86. The number of carboxylic acid groups (broad SMARTS) is 1. The van der Waals surface area contributed by atoms with Crippen LogP contribution in [0.15, 0.2) is 0 Å². The van der Waals surface area contributed by atoms with Crippen LogP contribution in [0.2, 0.25) is 0 Å². The smallest absolute Gasteiger partial charge is 0.306 e. The van der Waals surface area contributed by atoms with Crippen LogP contribution in [0.25, 0.3) is 0 Å². The highest BCUT2D eigenvalue weighted by molar-refractivity contribution is 5.67. The first-order valence-corrected chi connectivity index (χ1v) is 5.23. The largest absolute Gasteiger partial charge is 0.481 e. The molecular formula is C10H19NO3. The van der Waals surface area contributed by atoms with Crippen LogP contribution >= 0.6 is 0 Å². The summed E-state index contributed by atoms with van der Waals surface area (Å²) in [5, 5.41) is 20.9. The van der Waals surface area contributed by atoms with Crippen LogP contribution in [-0.2, 0) is 4.79 Å². The van der Waals surface area contributed by atoms with E-state index in [2.05, 4.69) is 12.2 Å². The van der Waals surface area contributed by atoms with Crippen molar-refractivity contribution in [1.82, 2.24) is 5.32 Å². The lowest BCUT2D eigenvalue weighted by Gasteiger charge is -2.32. The van der Waals surface area contributed by atoms with E-state index in [1.54, 1.807) is 0 Å². The zero-order valence-corrected chi connectivity index (χ0v) is 8.57. The zero-order chi connectivity index (χ0) is 10.6. The number of hydrogen-bond acceptors (Lipinski definition) is 3. The molecule has 0 heterocycles. The van der Waals surface area contributed by atoms with Gasteiger partial charge in [-0.05, 0) is 25.7 Å². The van der Waals surface area contributed by atoms with Gasteiger partial charge in [0, 0.05) is 12.6 Å². The van der Waals surface area contributed by atoms with E-state index < -0.39 is 12.1 Å². The van der Waals surface area contributed by atoms with E-state index in [4.69, 9.17) is 5.11 Å². The molecule has 0 spiro atoms. The molecule has 1 aliphatic carbocycles. The fourth-order valence-corrected chi connectivity index (χ4v) is 1.70. The normalized spacial score (nSPS) is 21.3. The Bertz CT molecular complexity index is 192. The van der Waals surface area contributed by atoms with Gasteiger partial charge in [-0.15, -0.1) is 0 Å². The number of aliphatic hydroxyl groups is 1. The average Bonchev–Trinajstić information content (AvgIpc) is 1.96. The van der Waals surface area contributed by atoms with Crippen LogP contribution in [-0.4, -0.2) is 34.9 Å². The Morgan fingerprint density at radius 3 is 2.64 bits per heavy atom. The number of rotatable bonds is 6. The van der Waals surface area contributed by atoms with Gasteiger partial charge in [-0.3, -0.25) is 4.79 Å². The van der Waals surface area contributed by atoms with Gasteiger partial charge in [0.1, 0.15) is 0 Å². The van der Waals surface area contributed by atoms with E-state index in [0.29, 0.717) is 18.5 Å². The number of carboxylic acids is 1. The molecule has 82 valence electrons. The minimum Gasteiger partial charge on any atom is -0.481 e. The van der Waals surface area contributed by atoms with Crippen molar-refractivity contribution >= 4 is 5.97 Å². The third kappa shape index (κ3) is 3.64. The fourth-order valence-electron chi connectivity index (χ4n) is 1.70. The maximum absolute atomic E-state index is 10.3. The van der Waals surface area contributed by atoms with E-state index in [9.17, 15) is 9.90 Å². The van der Waals surface area contributed by atoms with Gasteiger partial charge in [0.25, 0.3) is 0 Å². The molecule has 0 aromatic rings. The predicted molar refractivity (Wildman–Crippen MR) is 53.1 cm³/mol. The second kappa shape index (κ2) is 5.32. The maximum Gasteiger partial charge on any atom is 0.306 e. The highest BCUT2D eigenvalue weighted by atomic mass is 16.4. The van der Waals surface area contributed by atoms with Gasteiger partial charge in [-0.25, -0.2) is 0 Å². The summed E-state index contributed by atoms with van der Waals surface area (Å²) in [4.78, 5) is 10.3. The van der Waals surface area contributed by atoms with Crippen LogP contribution < -0.4 is 5.32 Å². The Hall–Kier alpha value is -0.610. The summed E-state index contributed by atoms with van der Waals surface area (Å²) in [7, 11) is 0. The van der Waals surface area contributed by atoms with E-state index in [1.807, 2.05) is 0 Å². The Morgan fingerprint density at radius 1 is 1.57 bits per heavy atom. The fraction of sp³-hybridized carbons (Fsp3) is 0.900. The van der Waals surface area contributed by atoms with Crippen LogP contribution in [0.4, 0.5) is 0 Å². The monoisotopic (exact) mass is 201 g/mol. The maximum atomic E-state index is 10.3. The standard InChI is InChI=1S/C10H19NO3/c1-7(8-3-2-4-8)11-6-9(12)5-10(13)14/h7-9,11-12H,2-6H2,1H3,(H,13,14). The molecule has 0 radical (unpaired) electrons. The van der Waals surface area contributed by atoms with Gasteiger partial charge in [0.15, 0.2) is 0 Å². The number of hydrogen-bond donors (Lipinski definition) is 3. The molecule has 2 unspecified atom stereocenters. The number of nitrogens with one attached hydrogen (secondary N) is 1. The van der Waals surface area contributed by atoms with Crippen molar-refractivity contribution in [1.29, 1.82) is 0 Å². The van der Waals surface area contributed by atoms with Crippen molar-refractivity contribution in [2.24, 2.45) is 5.92 Å². The van der Waals surface area contributed by atoms with Crippen molar-refractivity contribution < 1.29 is 15.0 Å². The van der Waals surface area contributed by atoms with E-state index in [0.717, 1.165) is 0 Å². The summed E-state index contributed by atoms with van der Waals surface area (Å²) in [6, 6.07) is 0.396. The van der Waals surface area contributed by atoms with Gasteiger partial charge in [0.2, 0.25) is 0 Å². The second-order valence-electron chi connectivity index (χ2n) is 4.14. The third-order valence-corrected chi connectivity index (χ3v) is 2.94. The lowest BCUT2D eigenvalue weighted by molar-refractivity contribution is -0.139. The van der Waals surface area contributed by atoms with Crippen molar-refractivity contribution in [2.45, 2.75) is 44.8 Å². The number of aliphatic hydroxyl groups excluding tert-OH is 1. The summed E-state index contributed by atoms with van der Waals surface area (Å²) in [5.74, 6) is -0.234. The first-order valence-electron chi connectivity index (χ1n) is 5.23. The highest BCUT2D eigenvalue weighted by Gasteiger charge is 2.23.